The third kappa shape index (κ3) is 5.69. The second kappa shape index (κ2) is 10.0. The summed E-state index contributed by atoms with van der Waals surface area (Å²) >= 11 is 12.4. The van der Waals surface area contributed by atoms with E-state index in [1.807, 2.05) is 19.1 Å². The van der Waals surface area contributed by atoms with Crippen molar-refractivity contribution >= 4 is 44.6 Å². The molecule has 1 aliphatic rings. The number of nitrogen functional groups attached to an aromatic ring is 1. The molecule has 1 aromatic carbocycles. The molecule has 1 aliphatic heterocycles. The number of ether oxygens (including phenoxy) is 1. The molecule has 184 valence electrons. The van der Waals surface area contributed by atoms with Gasteiger partial charge in [-0.25, -0.2) is 18.4 Å². The minimum atomic E-state index is -3.46. The maximum Gasteiger partial charge on any atom is 0.255 e. The van der Waals surface area contributed by atoms with Crippen LogP contribution in [0.15, 0.2) is 59.9 Å². The van der Waals surface area contributed by atoms with Gasteiger partial charge in [-0.2, -0.15) is 0 Å². The Labute approximate surface area is 214 Å². The lowest BCUT2D eigenvalue weighted by Gasteiger charge is -2.25. The largest absolute Gasteiger partial charge is 0.474 e. The third-order valence-electron chi connectivity index (χ3n) is 6.06. The number of hydrogen-bond donors (Lipinski definition) is 1. The molecule has 11 heteroatoms. The fraction of sp³-hybridized carbons (Fsp3) is 0.292. The van der Waals surface area contributed by atoms with Gasteiger partial charge in [0, 0.05) is 43.4 Å². The molecule has 3 atom stereocenters. The molecule has 3 aromatic rings. The standard InChI is InChI=1S/C24H24Cl2N4O4S/c1-14(34-22-7-5-17(27)11-28-22)18-12-30(13-19(18)15-3-6-20(25)21(26)9-15)24(31)16-4-8-23(29-10-16)35(2,32)33/h3-11,14,18-19H,12-13,27H2,1-2H3/t14-,18+,19+/m0/s1. The molecule has 2 aromatic heterocycles. The van der Waals surface area contributed by atoms with E-state index < -0.39 is 9.84 Å². The van der Waals surface area contributed by atoms with E-state index in [0.29, 0.717) is 40.3 Å². The number of likely N-dealkylation sites (tertiary alicyclic amines) is 1. The average Bonchev–Trinajstić information content (AvgIpc) is 3.27. The molecule has 0 radical (unpaired) electrons. The van der Waals surface area contributed by atoms with Crippen LogP contribution in [0.2, 0.25) is 10.0 Å². The summed E-state index contributed by atoms with van der Waals surface area (Å²) in [6, 6.07) is 11.7. The summed E-state index contributed by atoms with van der Waals surface area (Å²) < 4.78 is 29.5. The van der Waals surface area contributed by atoms with E-state index >= 15 is 0 Å². The Morgan fingerprint density at radius 3 is 2.46 bits per heavy atom. The highest BCUT2D eigenvalue weighted by Crippen LogP contribution is 2.38. The highest BCUT2D eigenvalue weighted by atomic mass is 35.5. The molecule has 4 rings (SSSR count). The number of hydrogen-bond acceptors (Lipinski definition) is 7. The summed E-state index contributed by atoms with van der Waals surface area (Å²) in [5.74, 6) is 0.0207. The number of nitrogens with two attached hydrogens (primary N) is 1. The summed E-state index contributed by atoms with van der Waals surface area (Å²) in [5, 5.41) is 0.799. The SMILES string of the molecule is C[C@H](Oc1ccc(N)cn1)[C@H]1CN(C(=O)c2ccc(S(C)(=O)=O)nc2)C[C@@H]1c1ccc(Cl)c(Cl)c1. The van der Waals surface area contributed by atoms with E-state index in [0.717, 1.165) is 11.8 Å². The highest BCUT2D eigenvalue weighted by molar-refractivity contribution is 7.90. The molecule has 3 heterocycles. The molecule has 0 spiro atoms. The molecule has 0 bridgehead atoms. The second-order valence-corrected chi connectivity index (χ2v) is 11.3. The Morgan fingerprint density at radius 2 is 1.86 bits per heavy atom. The number of carbonyl (C=O) groups is 1. The summed E-state index contributed by atoms with van der Waals surface area (Å²) in [5.41, 5.74) is 7.50. The van der Waals surface area contributed by atoms with Crippen molar-refractivity contribution in [3.63, 3.8) is 0 Å². The number of sulfone groups is 1. The molecule has 1 saturated heterocycles. The predicted molar refractivity (Wildman–Crippen MR) is 135 cm³/mol. The first kappa shape index (κ1) is 25.2. The Kier molecular flexibility index (Phi) is 7.21. The normalized spacial score (nSPS) is 18.9. The molecular formula is C24H24Cl2N4O4S. The van der Waals surface area contributed by atoms with Crippen LogP contribution in [0, 0.1) is 5.92 Å². The lowest BCUT2D eigenvalue weighted by Crippen LogP contribution is -2.32. The lowest BCUT2D eigenvalue weighted by atomic mass is 9.86. The topological polar surface area (TPSA) is 115 Å². The van der Waals surface area contributed by atoms with Gasteiger partial charge in [-0.05, 0) is 42.8 Å². The van der Waals surface area contributed by atoms with E-state index in [4.69, 9.17) is 33.7 Å². The van der Waals surface area contributed by atoms with E-state index in [1.165, 1.54) is 24.5 Å². The van der Waals surface area contributed by atoms with Crippen LogP contribution < -0.4 is 10.5 Å². The number of halogens is 2. The Morgan fingerprint density at radius 1 is 1.09 bits per heavy atom. The third-order valence-corrected chi connectivity index (χ3v) is 7.80. The van der Waals surface area contributed by atoms with Crippen LogP contribution in [0.1, 0.15) is 28.8 Å². The van der Waals surface area contributed by atoms with E-state index in [-0.39, 0.29) is 28.9 Å². The van der Waals surface area contributed by atoms with Gasteiger partial charge in [-0.1, -0.05) is 29.3 Å². The first-order chi connectivity index (χ1) is 16.5. The van der Waals surface area contributed by atoms with Crippen LogP contribution in [0.3, 0.4) is 0 Å². The summed E-state index contributed by atoms with van der Waals surface area (Å²) in [6.07, 6.45) is 3.59. The van der Waals surface area contributed by atoms with Crippen LogP contribution in [-0.2, 0) is 9.84 Å². The minimum Gasteiger partial charge on any atom is -0.474 e. The van der Waals surface area contributed by atoms with Crippen molar-refractivity contribution in [1.82, 2.24) is 14.9 Å². The Bertz CT molecular complexity index is 1330. The molecule has 2 N–H and O–H groups in total. The molecule has 35 heavy (non-hydrogen) atoms. The van der Waals surface area contributed by atoms with E-state index in [1.54, 1.807) is 23.1 Å². The highest BCUT2D eigenvalue weighted by Gasteiger charge is 2.40. The number of rotatable bonds is 6. The molecule has 8 nitrogen and oxygen atoms in total. The summed E-state index contributed by atoms with van der Waals surface area (Å²) in [6.45, 7) is 2.76. The smallest absolute Gasteiger partial charge is 0.255 e. The Hall–Kier alpha value is -2.88. The number of aromatic nitrogens is 2. The number of amides is 1. The fourth-order valence-corrected chi connectivity index (χ4v) is 5.08. The zero-order valence-corrected chi connectivity index (χ0v) is 21.4. The van der Waals surface area contributed by atoms with Gasteiger partial charge in [0.25, 0.3) is 5.91 Å². The maximum atomic E-state index is 13.3. The molecule has 0 saturated carbocycles. The second-order valence-electron chi connectivity index (χ2n) is 8.56. The Balaban J connectivity index is 1.60. The monoisotopic (exact) mass is 534 g/mol. The van der Waals surface area contributed by atoms with Gasteiger partial charge >= 0.3 is 0 Å². The quantitative estimate of drug-likeness (QED) is 0.506. The van der Waals surface area contributed by atoms with Gasteiger partial charge in [0.15, 0.2) is 14.9 Å². The fourth-order valence-electron chi connectivity index (χ4n) is 4.21. The zero-order valence-electron chi connectivity index (χ0n) is 19.1. The van der Waals surface area contributed by atoms with Gasteiger partial charge in [-0.15, -0.1) is 0 Å². The van der Waals surface area contributed by atoms with Crippen molar-refractivity contribution in [2.45, 2.75) is 24.0 Å². The van der Waals surface area contributed by atoms with Crippen molar-refractivity contribution in [2.24, 2.45) is 5.92 Å². The lowest BCUT2D eigenvalue weighted by molar-refractivity contribution is 0.0769. The van der Waals surface area contributed by atoms with Gasteiger partial charge < -0.3 is 15.4 Å². The first-order valence-corrected chi connectivity index (χ1v) is 13.5. The predicted octanol–water partition coefficient (Wildman–Crippen LogP) is 4.09. The van der Waals surface area contributed by atoms with E-state index in [2.05, 4.69) is 9.97 Å². The molecule has 1 fully saturated rings. The van der Waals surface area contributed by atoms with E-state index in [9.17, 15) is 13.2 Å². The number of anilines is 1. The number of carbonyl (C=O) groups excluding carboxylic acids is 1. The molecule has 0 aliphatic carbocycles. The zero-order chi connectivity index (χ0) is 25.3. The number of benzene rings is 1. The van der Waals surface area contributed by atoms with Crippen LogP contribution >= 0.6 is 23.2 Å². The van der Waals surface area contributed by atoms with Crippen molar-refractivity contribution in [3.8, 4) is 5.88 Å². The van der Waals surface area contributed by atoms with Gasteiger partial charge in [0.1, 0.15) is 6.10 Å². The molecular weight excluding hydrogens is 511 g/mol. The van der Waals surface area contributed by atoms with Crippen molar-refractivity contribution in [3.05, 3.63) is 76.0 Å². The van der Waals surface area contributed by atoms with Crippen LogP contribution in [0.4, 0.5) is 5.69 Å². The maximum absolute atomic E-state index is 13.3. The average molecular weight is 535 g/mol. The molecule has 0 unspecified atom stereocenters. The van der Waals surface area contributed by atoms with Crippen LogP contribution in [0.25, 0.3) is 0 Å². The summed E-state index contributed by atoms with van der Waals surface area (Å²) in [4.78, 5) is 23.2. The summed E-state index contributed by atoms with van der Waals surface area (Å²) in [7, 11) is -3.46. The van der Waals surface area contributed by atoms with Crippen molar-refractivity contribution in [2.75, 3.05) is 25.1 Å². The van der Waals surface area contributed by atoms with Gasteiger partial charge in [0.2, 0.25) is 5.88 Å². The van der Waals surface area contributed by atoms with Crippen molar-refractivity contribution < 1.29 is 17.9 Å². The molecule has 1 amide bonds. The van der Waals surface area contributed by atoms with Crippen molar-refractivity contribution in [1.29, 1.82) is 0 Å². The number of pyridine rings is 2. The number of nitrogens with zero attached hydrogens (tertiary/aromatic N) is 3. The van der Waals surface area contributed by atoms with Gasteiger partial charge in [-0.3, -0.25) is 4.79 Å². The first-order valence-electron chi connectivity index (χ1n) is 10.8. The van der Waals surface area contributed by atoms with Crippen LogP contribution in [0.5, 0.6) is 5.88 Å². The minimum absolute atomic E-state index is 0.0826. The van der Waals surface area contributed by atoms with Crippen LogP contribution in [-0.4, -0.2) is 54.6 Å². The van der Waals surface area contributed by atoms with Gasteiger partial charge in [0.05, 0.1) is 27.5 Å².